The second-order valence-corrected chi connectivity index (χ2v) is 9.84. The summed E-state index contributed by atoms with van der Waals surface area (Å²) in [5, 5.41) is 0.0867. The van der Waals surface area contributed by atoms with E-state index in [4.69, 9.17) is 4.74 Å². The van der Waals surface area contributed by atoms with Gasteiger partial charge < -0.3 is 8.92 Å². The lowest BCUT2D eigenvalue weighted by molar-refractivity contribution is 0.296. The minimum atomic E-state index is -5.11. The number of hydrogen-bond acceptors (Lipinski definition) is 5. The predicted molar refractivity (Wildman–Crippen MR) is 119 cm³/mol. The van der Waals surface area contributed by atoms with Gasteiger partial charge in [-0.2, -0.15) is 17.2 Å². The lowest BCUT2D eigenvalue weighted by Gasteiger charge is -2.22. The van der Waals surface area contributed by atoms with E-state index in [2.05, 4.69) is 20.1 Å². The number of fused-ring (bicyclic) bond motifs is 1. The highest BCUT2D eigenvalue weighted by atomic mass is 79.9. The molecular weight excluding hydrogens is 584 g/mol. The van der Waals surface area contributed by atoms with Gasteiger partial charge >= 0.3 is 10.1 Å². The molecule has 0 saturated carbocycles. The molecule has 6 nitrogen and oxygen atoms in total. The maximum absolute atomic E-state index is 14.4. The van der Waals surface area contributed by atoms with Crippen LogP contribution >= 0.6 is 15.9 Å². The highest BCUT2D eigenvalue weighted by Gasteiger charge is 2.31. The summed E-state index contributed by atoms with van der Waals surface area (Å²) in [6, 6.07) is 5.24. The Bertz CT molecular complexity index is 1620. The van der Waals surface area contributed by atoms with Crippen LogP contribution in [-0.2, 0) is 14.9 Å². The number of pyridine rings is 1. The monoisotopic (exact) mass is 595 g/mol. The zero-order valence-electron chi connectivity index (χ0n) is 17.8. The average Bonchev–Trinajstić information content (AvgIpc) is 2.85. The molecule has 0 aliphatic heterocycles. The zero-order chi connectivity index (χ0) is 26.5. The van der Waals surface area contributed by atoms with Gasteiger partial charge in [-0.3, -0.25) is 9.36 Å². The Kier molecular flexibility index (Phi) is 6.68. The summed E-state index contributed by atoms with van der Waals surface area (Å²) in [5.74, 6) is -14.0. The highest BCUT2D eigenvalue weighted by molar-refractivity contribution is 9.11. The second-order valence-electron chi connectivity index (χ2n) is 7.38. The molecule has 0 saturated heterocycles. The fraction of sp³-hybridized carbons (Fsp3) is 0.136. The Hall–Kier alpha value is -3.26. The summed E-state index contributed by atoms with van der Waals surface area (Å²) >= 11 is 3.07. The van der Waals surface area contributed by atoms with Gasteiger partial charge in [-0.25, -0.2) is 17.6 Å². The third-order valence-electron chi connectivity index (χ3n) is 5.23. The van der Waals surface area contributed by atoms with E-state index in [1.54, 1.807) is 0 Å². The van der Waals surface area contributed by atoms with Crippen LogP contribution in [0.15, 0.2) is 56.3 Å². The summed E-state index contributed by atoms with van der Waals surface area (Å²) in [6.45, 7) is 0. The summed E-state index contributed by atoms with van der Waals surface area (Å²) in [7, 11) is -3.80. The van der Waals surface area contributed by atoms with E-state index < -0.39 is 61.6 Å². The smallest absolute Gasteiger partial charge is 0.339 e. The number of benzene rings is 2. The number of rotatable bonds is 5. The molecule has 1 atom stereocenters. The molecule has 0 bridgehead atoms. The number of ether oxygens (including phenoxy) is 1. The summed E-state index contributed by atoms with van der Waals surface area (Å²) in [6.07, 6.45) is -0.413. The van der Waals surface area contributed by atoms with Gasteiger partial charge in [0.2, 0.25) is 34.8 Å². The molecular formula is C22H12BrF6NO5S. The fourth-order valence-electron chi connectivity index (χ4n) is 3.52. The van der Waals surface area contributed by atoms with Crippen molar-refractivity contribution in [2.45, 2.75) is 17.5 Å². The number of nitrogens with zero attached hydrogens (tertiary/aromatic N) is 1. The first-order valence-corrected chi connectivity index (χ1v) is 12.0. The summed E-state index contributed by atoms with van der Waals surface area (Å²) in [5.41, 5.74) is -0.350. The molecule has 0 unspecified atom stereocenters. The SMILES string of the molecule is COC1=C(n2c(=O)ccc3cc(S(=O)(=O)Oc4c(F)c(F)c(F)c(F)c4F)ccc32)C[C@@H](F)C(Br)=C1. The standard InChI is InChI=1S/C22H12BrF6NO5S/c1-34-15-7-11(23)12(24)8-14(15)30-13-4-3-10(6-9(13)2-5-16(30)31)36(32,33)35-22-20(28)18(26)17(25)19(27)21(22)29/h2-7,12H,8H2,1H3/t12-/m1/s1. The Morgan fingerprint density at radius 1 is 0.972 bits per heavy atom. The van der Waals surface area contributed by atoms with Gasteiger partial charge in [0.25, 0.3) is 5.56 Å². The van der Waals surface area contributed by atoms with E-state index in [0.29, 0.717) is 0 Å². The maximum atomic E-state index is 14.4. The number of halogens is 7. The molecule has 0 radical (unpaired) electrons. The predicted octanol–water partition coefficient (Wildman–Crippen LogP) is 5.30. The van der Waals surface area contributed by atoms with Crippen molar-refractivity contribution in [2.75, 3.05) is 7.11 Å². The van der Waals surface area contributed by atoms with Crippen molar-refractivity contribution in [3.05, 3.63) is 86.1 Å². The number of hydrogen-bond donors (Lipinski definition) is 0. The fourth-order valence-corrected chi connectivity index (χ4v) is 4.86. The lowest BCUT2D eigenvalue weighted by atomic mass is 10.1. The van der Waals surface area contributed by atoms with Crippen LogP contribution in [0.25, 0.3) is 16.6 Å². The van der Waals surface area contributed by atoms with E-state index >= 15 is 0 Å². The van der Waals surface area contributed by atoms with Gasteiger partial charge in [0.15, 0.2) is 0 Å². The van der Waals surface area contributed by atoms with Crippen LogP contribution in [0.2, 0.25) is 0 Å². The summed E-state index contributed by atoms with van der Waals surface area (Å²) < 4.78 is 118. The van der Waals surface area contributed by atoms with Crippen LogP contribution in [0.1, 0.15) is 6.42 Å². The molecule has 0 fully saturated rings. The molecule has 0 amide bonds. The van der Waals surface area contributed by atoms with E-state index in [0.717, 1.165) is 28.8 Å². The van der Waals surface area contributed by atoms with Crippen molar-refractivity contribution in [1.82, 2.24) is 4.57 Å². The van der Waals surface area contributed by atoms with Gasteiger partial charge in [0.1, 0.15) is 16.8 Å². The van der Waals surface area contributed by atoms with Crippen LogP contribution < -0.4 is 9.74 Å². The van der Waals surface area contributed by atoms with Crippen LogP contribution in [0.4, 0.5) is 26.3 Å². The Morgan fingerprint density at radius 3 is 2.19 bits per heavy atom. The molecule has 0 spiro atoms. The largest absolute Gasteiger partial charge is 0.495 e. The van der Waals surface area contributed by atoms with Crippen molar-refractivity contribution in [3.8, 4) is 5.75 Å². The van der Waals surface area contributed by atoms with Crippen molar-refractivity contribution in [1.29, 1.82) is 0 Å². The first-order valence-electron chi connectivity index (χ1n) is 9.77. The Balaban J connectivity index is 1.84. The molecule has 0 N–H and O–H groups in total. The normalized spacial score (nSPS) is 16.3. The highest BCUT2D eigenvalue weighted by Crippen LogP contribution is 2.35. The summed E-state index contributed by atoms with van der Waals surface area (Å²) in [4.78, 5) is 11.9. The first kappa shape index (κ1) is 25.8. The molecule has 2 aromatic carbocycles. The molecule has 1 aliphatic carbocycles. The van der Waals surface area contributed by atoms with Gasteiger partial charge in [-0.1, -0.05) is 15.9 Å². The van der Waals surface area contributed by atoms with Crippen LogP contribution in [0.3, 0.4) is 0 Å². The topological polar surface area (TPSA) is 74.6 Å². The minimum absolute atomic E-state index is 0.0867. The molecule has 1 aromatic heterocycles. The van der Waals surface area contributed by atoms with Gasteiger partial charge in [-0.15, -0.1) is 0 Å². The van der Waals surface area contributed by atoms with E-state index in [9.17, 15) is 39.6 Å². The molecule has 3 aromatic rings. The Labute approximate surface area is 207 Å². The van der Waals surface area contributed by atoms with Crippen LogP contribution in [0, 0.1) is 29.1 Å². The first-order chi connectivity index (χ1) is 16.9. The van der Waals surface area contributed by atoms with E-state index in [1.807, 2.05) is 0 Å². The van der Waals surface area contributed by atoms with E-state index in [1.165, 1.54) is 19.3 Å². The maximum Gasteiger partial charge on any atom is 0.339 e. The number of methoxy groups -OCH3 is 1. The zero-order valence-corrected chi connectivity index (χ0v) is 20.2. The number of aromatic nitrogens is 1. The molecule has 1 heterocycles. The van der Waals surface area contributed by atoms with Gasteiger partial charge in [-0.05, 0) is 30.3 Å². The lowest BCUT2D eigenvalue weighted by Crippen LogP contribution is -2.24. The molecule has 1 aliphatic rings. The third-order valence-corrected chi connectivity index (χ3v) is 7.18. The van der Waals surface area contributed by atoms with Crippen molar-refractivity contribution in [3.63, 3.8) is 0 Å². The van der Waals surface area contributed by atoms with Crippen LogP contribution in [-0.4, -0.2) is 26.3 Å². The van der Waals surface area contributed by atoms with Crippen molar-refractivity contribution < 1.29 is 43.7 Å². The van der Waals surface area contributed by atoms with Crippen molar-refractivity contribution in [2.24, 2.45) is 0 Å². The molecule has 36 heavy (non-hydrogen) atoms. The van der Waals surface area contributed by atoms with E-state index in [-0.39, 0.29) is 33.3 Å². The van der Waals surface area contributed by atoms with Gasteiger partial charge in [0, 0.05) is 22.4 Å². The molecule has 14 heteroatoms. The quantitative estimate of drug-likeness (QED) is 0.173. The van der Waals surface area contributed by atoms with Crippen molar-refractivity contribution >= 4 is 42.6 Å². The number of allylic oxidation sites excluding steroid dienone is 3. The average molecular weight is 596 g/mol. The molecule has 4 rings (SSSR count). The third kappa shape index (κ3) is 4.28. The number of alkyl halides is 1. The molecule has 190 valence electrons. The Morgan fingerprint density at radius 2 is 1.58 bits per heavy atom. The second kappa shape index (κ2) is 9.32. The minimum Gasteiger partial charge on any atom is -0.495 e. The van der Waals surface area contributed by atoms with Crippen LogP contribution in [0.5, 0.6) is 5.75 Å². The van der Waals surface area contributed by atoms with Gasteiger partial charge in [0.05, 0.1) is 18.3 Å².